The van der Waals surface area contributed by atoms with Crippen molar-refractivity contribution < 1.29 is 14.5 Å². The van der Waals surface area contributed by atoms with E-state index in [2.05, 4.69) is 0 Å². The summed E-state index contributed by atoms with van der Waals surface area (Å²) >= 11 is 1.80. The number of benzene rings is 1. The van der Waals surface area contributed by atoms with Crippen molar-refractivity contribution >= 4 is 34.2 Å². The number of carbonyl (C=O) groups is 1. The van der Waals surface area contributed by atoms with Crippen molar-refractivity contribution in [3.05, 3.63) is 36.9 Å². The third-order valence-electron chi connectivity index (χ3n) is 2.13. The van der Waals surface area contributed by atoms with Gasteiger partial charge in [-0.05, 0) is 41.1 Å². The molecule has 0 bridgehead atoms. The Morgan fingerprint density at radius 3 is 2.78 bits per heavy atom. The number of ether oxygens (including phenoxy) is 1. The molecular weight excluding hydrogens is 351 g/mol. The lowest BCUT2D eigenvalue weighted by Crippen LogP contribution is -2.09. The van der Waals surface area contributed by atoms with Crippen molar-refractivity contribution in [2.45, 2.75) is 13.3 Å². The molecule has 0 aliphatic rings. The lowest BCUT2D eigenvalue weighted by Gasteiger charge is -2.05. The molecule has 0 N–H and O–H groups in total. The number of hydrogen-bond acceptors (Lipinski definition) is 5. The normalized spacial score (nSPS) is 9.61. The molecule has 0 aromatic heterocycles. The summed E-state index contributed by atoms with van der Waals surface area (Å²) in [6, 6.07) is 4.49. The fraction of sp³-hybridized carbons (Fsp3) is 0.273. The van der Waals surface area contributed by atoms with E-state index in [0.29, 0.717) is 9.13 Å². The Morgan fingerprint density at radius 1 is 1.61 bits per heavy atom. The van der Waals surface area contributed by atoms with E-state index >= 15 is 0 Å². The summed E-state index contributed by atoms with van der Waals surface area (Å²) in [5.41, 5.74) is 0.417. The van der Waals surface area contributed by atoms with Crippen LogP contribution in [0.1, 0.15) is 18.1 Å². The molecule has 18 heavy (non-hydrogen) atoms. The zero-order valence-electron chi connectivity index (χ0n) is 9.47. The van der Waals surface area contributed by atoms with E-state index < -0.39 is 10.9 Å². The number of carbonyl (C=O) groups excluding carboxylic acids is 1. The van der Waals surface area contributed by atoms with Crippen LogP contribution in [0, 0.1) is 25.0 Å². The Labute approximate surface area is 117 Å². The molecule has 0 radical (unpaired) electrons. The summed E-state index contributed by atoms with van der Waals surface area (Å²) in [6.45, 7) is 1.94. The number of nitro benzene ring substituents is 1. The minimum Gasteiger partial charge on any atom is -0.466 e. The van der Waals surface area contributed by atoms with Crippen LogP contribution in [0.15, 0.2) is 12.1 Å². The number of rotatable bonds is 4. The van der Waals surface area contributed by atoms with Crippen molar-refractivity contribution in [1.29, 1.82) is 5.26 Å². The third-order valence-corrected chi connectivity index (χ3v) is 2.99. The van der Waals surface area contributed by atoms with Crippen molar-refractivity contribution in [2.24, 2.45) is 0 Å². The van der Waals surface area contributed by atoms with Crippen LogP contribution in [0.2, 0.25) is 0 Å². The first-order chi connectivity index (χ1) is 8.49. The smallest absolute Gasteiger partial charge is 0.310 e. The first-order valence-electron chi connectivity index (χ1n) is 5.02. The SMILES string of the molecule is CCOC(=O)Cc1cc(I)c([N+](=O)[O-])cc1C#N. The zero-order chi connectivity index (χ0) is 13.7. The summed E-state index contributed by atoms with van der Waals surface area (Å²) < 4.78 is 5.16. The molecule has 0 spiro atoms. The van der Waals surface area contributed by atoms with E-state index in [-0.39, 0.29) is 24.3 Å². The van der Waals surface area contributed by atoms with Gasteiger partial charge in [0.2, 0.25) is 0 Å². The molecule has 1 rings (SSSR count). The lowest BCUT2D eigenvalue weighted by atomic mass is 10.0. The molecule has 7 heteroatoms. The van der Waals surface area contributed by atoms with E-state index in [9.17, 15) is 14.9 Å². The molecule has 0 heterocycles. The average molecular weight is 360 g/mol. The number of esters is 1. The molecule has 94 valence electrons. The predicted octanol–water partition coefficient (Wildman–Crippen LogP) is 2.18. The Kier molecular flexibility index (Phi) is 5.03. The van der Waals surface area contributed by atoms with Crippen LogP contribution in [-0.4, -0.2) is 17.5 Å². The maximum atomic E-state index is 11.3. The second-order valence-electron chi connectivity index (χ2n) is 3.31. The van der Waals surface area contributed by atoms with E-state index in [1.54, 1.807) is 29.5 Å². The van der Waals surface area contributed by atoms with E-state index in [1.165, 1.54) is 12.1 Å². The Morgan fingerprint density at radius 2 is 2.28 bits per heavy atom. The van der Waals surface area contributed by atoms with Crippen molar-refractivity contribution in [1.82, 2.24) is 0 Å². The molecule has 0 saturated heterocycles. The van der Waals surface area contributed by atoms with Gasteiger partial charge in [0, 0.05) is 6.07 Å². The average Bonchev–Trinajstić information content (AvgIpc) is 2.29. The van der Waals surface area contributed by atoms with E-state index in [0.717, 1.165) is 0 Å². The second-order valence-corrected chi connectivity index (χ2v) is 4.47. The van der Waals surface area contributed by atoms with Gasteiger partial charge in [0.25, 0.3) is 5.69 Å². The number of nitro groups is 1. The van der Waals surface area contributed by atoms with Gasteiger partial charge in [0.1, 0.15) is 0 Å². The van der Waals surface area contributed by atoms with Gasteiger partial charge in [-0.1, -0.05) is 0 Å². The van der Waals surface area contributed by atoms with Gasteiger partial charge in [-0.3, -0.25) is 14.9 Å². The molecule has 0 saturated carbocycles. The summed E-state index contributed by atoms with van der Waals surface area (Å²) in [5.74, 6) is -0.460. The molecule has 0 unspecified atom stereocenters. The monoisotopic (exact) mass is 360 g/mol. The number of hydrogen-bond donors (Lipinski definition) is 0. The maximum absolute atomic E-state index is 11.3. The lowest BCUT2D eigenvalue weighted by molar-refractivity contribution is -0.385. The van der Waals surface area contributed by atoms with E-state index in [1.807, 2.05) is 6.07 Å². The molecule has 0 aliphatic heterocycles. The largest absolute Gasteiger partial charge is 0.466 e. The fourth-order valence-corrected chi connectivity index (χ4v) is 2.09. The minimum atomic E-state index is -0.559. The molecule has 0 amide bonds. The second kappa shape index (κ2) is 6.30. The summed E-state index contributed by atoms with van der Waals surface area (Å²) in [6.07, 6.45) is -0.0648. The van der Waals surface area contributed by atoms with Gasteiger partial charge in [0.05, 0.1) is 33.2 Å². The first-order valence-corrected chi connectivity index (χ1v) is 6.10. The molecular formula is C11H9IN2O4. The van der Waals surface area contributed by atoms with Gasteiger partial charge in [-0.25, -0.2) is 0 Å². The standard InChI is InChI=1S/C11H9IN2O4/c1-2-18-11(15)5-7-3-9(12)10(14(16)17)4-8(7)6-13/h3-4H,2,5H2,1H3. The molecule has 0 fully saturated rings. The predicted molar refractivity (Wildman–Crippen MR) is 70.9 cm³/mol. The van der Waals surface area contributed by atoms with Crippen LogP contribution in [0.4, 0.5) is 5.69 Å². The van der Waals surface area contributed by atoms with Gasteiger partial charge >= 0.3 is 5.97 Å². The highest BCUT2D eigenvalue weighted by Gasteiger charge is 2.18. The zero-order valence-corrected chi connectivity index (χ0v) is 11.6. The van der Waals surface area contributed by atoms with Crippen LogP contribution in [0.25, 0.3) is 0 Å². The van der Waals surface area contributed by atoms with Crippen LogP contribution in [0.5, 0.6) is 0 Å². The van der Waals surface area contributed by atoms with Crippen LogP contribution < -0.4 is 0 Å². The Bertz CT molecular complexity index is 537. The van der Waals surface area contributed by atoms with Gasteiger partial charge in [0.15, 0.2) is 0 Å². The fourth-order valence-electron chi connectivity index (χ4n) is 1.36. The van der Waals surface area contributed by atoms with Gasteiger partial charge < -0.3 is 4.74 Å². The highest BCUT2D eigenvalue weighted by Crippen LogP contribution is 2.25. The van der Waals surface area contributed by atoms with E-state index in [4.69, 9.17) is 10.00 Å². The highest BCUT2D eigenvalue weighted by molar-refractivity contribution is 14.1. The van der Waals surface area contributed by atoms with Crippen LogP contribution >= 0.6 is 22.6 Å². The first kappa shape index (κ1) is 14.4. The number of nitriles is 1. The number of halogens is 1. The molecule has 1 aromatic carbocycles. The highest BCUT2D eigenvalue weighted by atomic mass is 127. The summed E-state index contributed by atoms with van der Waals surface area (Å²) in [7, 11) is 0. The third kappa shape index (κ3) is 3.40. The van der Waals surface area contributed by atoms with Crippen LogP contribution in [-0.2, 0) is 16.0 Å². The topological polar surface area (TPSA) is 93.2 Å². The molecule has 0 aliphatic carbocycles. The van der Waals surface area contributed by atoms with Gasteiger partial charge in [-0.15, -0.1) is 0 Å². The number of nitrogens with zero attached hydrogens (tertiary/aromatic N) is 2. The summed E-state index contributed by atoms with van der Waals surface area (Å²) in [4.78, 5) is 21.5. The Balaban J connectivity index is 3.14. The summed E-state index contributed by atoms with van der Waals surface area (Å²) in [5, 5.41) is 19.7. The Hall–Kier alpha value is -1.69. The van der Waals surface area contributed by atoms with Crippen molar-refractivity contribution in [3.63, 3.8) is 0 Å². The minimum absolute atomic E-state index is 0.0648. The maximum Gasteiger partial charge on any atom is 0.310 e. The van der Waals surface area contributed by atoms with Crippen LogP contribution in [0.3, 0.4) is 0 Å². The quantitative estimate of drug-likeness (QED) is 0.355. The molecule has 1 aromatic rings. The van der Waals surface area contributed by atoms with Crippen molar-refractivity contribution in [2.75, 3.05) is 6.61 Å². The van der Waals surface area contributed by atoms with Gasteiger partial charge in [-0.2, -0.15) is 5.26 Å². The molecule has 0 atom stereocenters. The molecule has 6 nitrogen and oxygen atoms in total. The van der Waals surface area contributed by atoms with Crippen molar-refractivity contribution in [3.8, 4) is 6.07 Å².